The van der Waals surface area contributed by atoms with Crippen LogP contribution in [0.2, 0.25) is 5.02 Å². The van der Waals surface area contributed by atoms with Gasteiger partial charge in [0, 0.05) is 5.69 Å². The second kappa shape index (κ2) is 9.68. The molecule has 3 N–H and O–H groups in total. The van der Waals surface area contributed by atoms with Gasteiger partial charge in [0.05, 0.1) is 25.5 Å². The van der Waals surface area contributed by atoms with Crippen molar-refractivity contribution in [3.05, 3.63) is 47.0 Å². The fourth-order valence-corrected chi connectivity index (χ4v) is 2.53. The van der Waals surface area contributed by atoms with Gasteiger partial charge in [-0.3, -0.25) is 4.79 Å². The van der Waals surface area contributed by atoms with Gasteiger partial charge in [0.25, 0.3) is 5.91 Å². The van der Waals surface area contributed by atoms with E-state index in [1.165, 1.54) is 19.4 Å². The van der Waals surface area contributed by atoms with E-state index < -0.39 is 6.04 Å². The van der Waals surface area contributed by atoms with Gasteiger partial charge in [0.1, 0.15) is 11.8 Å². The number of carbonyl (C=O) groups is 1. The van der Waals surface area contributed by atoms with Crippen LogP contribution in [-0.2, 0) is 4.79 Å². The van der Waals surface area contributed by atoms with Gasteiger partial charge in [-0.2, -0.15) is 5.10 Å². The molecule has 0 fully saturated rings. The van der Waals surface area contributed by atoms with E-state index in [1.807, 2.05) is 31.2 Å². The number of amides is 1. The minimum Gasteiger partial charge on any atom is -0.503 e. The topological polar surface area (TPSA) is 92.2 Å². The zero-order valence-corrected chi connectivity index (χ0v) is 16.1. The predicted molar refractivity (Wildman–Crippen MR) is 106 cm³/mol. The molecule has 144 valence electrons. The van der Waals surface area contributed by atoms with E-state index in [0.717, 1.165) is 11.4 Å². The smallest absolute Gasteiger partial charge is 0.262 e. The third-order valence-electron chi connectivity index (χ3n) is 3.81. The third-order valence-corrected chi connectivity index (χ3v) is 4.10. The average molecular weight is 392 g/mol. The van der Waals surface area contributed by atoms with Crippen LogP contribution in [0.4, 0.5) is 5.69 Å². The zero-order valence-electron chi connectivity index (χ0n) is 15.3. The number of halogens is 1. The highest BCUT2D eigenvalue weighted by Gasteiger charge is 2.15. The van der Waals surface area contributed by atoms with E-state index in [1.54, 1.807) is 13.2 Å². The van der Waals surface area contributed by atoms with Crippen LogP contribution in [-0.4, -0.2) is 37.5 Å². The summed E-state index contributed by atoms with van der Waals surface area (Å²) in [6.07, 6.45) is 2.00. The molecule has 0 radical (unpaired) electrons. The van der Waals surface area contributed by atoms with Gasteiger partial charge in [-0.15, -0.1) is 0 Å². The Morgan fingerprint density at radius 1 is 1.26 bits per heavy atom. The summed E-state index contributed by atoms with van der Waals surface area (Å²) in [4.78, 5) is 12.3. The van der Waals surface area contributed by atoms with Crippen molar-refractivity contribution in [3.63, 3.8) is 0 Å². The standard InChI is InChI=1S/C19H22ClN3O4/c1-4-16(22-13-5-7-14(26-2)8-6-13)19(25)23-21-11-12-9-15(20)18(24)17(10-12)27-3/h5-11,16,22,24H,4H2,1-3H3,(H,23,25)/b21-11-/t16-/m0/s1. The zero-order chi connectivity index (χ0) is 19.8. The molecular formula is C19H22ClN3O4. The van der Waals surface area contributed by atoms with Crippen molar-refractivity contribution in [3.8, 4) is 17.2 Å². The molecule has 0 aliphatic carbocycles. The van der Waals surface area contributed by atoms with Gasteiger partial charge in [0.15, 0.2) is 11.5 Å². The summed E-state index contributed by atoms with van der Waals surface area (Å²) in [5.41, 5.74) is 3.87. The second-order valence-corrected chi connectivity index (χ2v) is 6.03. The number of rotatable bonds is 8. The number of phenolic OH excluding ortho intramolecular Hbond substituents is 1. The van der Waals surface area contributed by atoms with Crippen molar-refractivity contribution in [1.29, 1.82) is 0 Å². The maximum atomic E-state index is 12.3. The molecule has 0 aliphatic heterocycles. The average Bonchev–Trinajstić information content (AvgIpc) is 2.68. The summed E-state index contributed by atoms with van der Waals surface area (Å²) in [7, 11) is 3.02. The number of benzene rings is 2. The Balaban J connectivity index is 1.99. The molecule has 0 saturated heterocycles. The van der Waals surface area contributed by atoms with Crippen LogP contribution in [0.3, 0.4) is 0 Å². The molecule has 1 atom stereocenters. The maximum absolute atomic E-state index is 12.3. The second-order valence-electron chi connectivity index (χ2n) is 5.62. The number of hydrazone groups is 1. The number of nitrogens with zero attached hydrogens (tertiary/aromatic N) is 1. The van der Waals surface area contributed by atoms with E-state index in [9.17, 15) is 9.90 Å². The van der Waals surface area contributed by atoms with E-state index >= 15 is 0 Å². The summed E-state index contributed by atoms with van der Waals surface area (Å²) >= 11 is 5.93. The molecule has 0 unspecified atom stereocenters. The molecule has 2 aromatic rings. The lowest BCUT2D eigenvalue weighted by Gasteiger charge is -2.16. The Kier molecular flexibility index (Phi) is 7.31. The van der Waals surface area contributed by atoms with Crippen LogP contribution in [0.5, 0.6) is 17.2 Å². The summed E-state index contributed by atoms with van der Waals surface area (Å²) in [5, 5.41) is 17.0. The quantitative estimate of drug-likeness (QED) is 0.473. The number of carbonyl (C=O) groups excluding carboxylic acids is 1. The number of nitrogens with one attached hydrogen (secondary N) is 2. The van der Waals surface area contributed by atoms with E-state index in [0.29, 0.717) is 12.0 Å². The van der Waals surface area contributed by atoms with Crippen molar-refractivity contribution < 1.29 is 19.4 Å². The lowest BCUT2D eigenvalue weighted by Crippen LogP contribution is -2.36. The number of hydrogen-bond donors (Lipinski definition) is 3. The summed E-state index contributed by atoms with van der Waals surface area (Å²) in [5.74, 6) is 0.546. The summed E-state index contributed by atoms with van der Waals surface area (Å²) < 4.78 is 10.1. The predicted octanol–water partition coefficient (Wildman–Crippen LogP) is 3.40. The Hall–Kier alpha value is -2.93. The molecule has 0 aliphatic rings. The largest absolute Gasteiger partial charge is 0.503 e. The van der Waals surface area contributed by atoms with E-state index in [2.05, 4.69) is 15.8 Å². The van der Waals surface area contributed by atoms with Crippen LogP contribution < -0.4 is 20.2 Å². The minimum atomic E-state index is -0.450. The van der Waals surface area contributed by atoms with E-state index in [4.69, 9.17) is 21.1 Å². The Morgan fingerprint density at radius 2 is 1.96 bits per heavy atom. The molecule has 1 amide bonds. The number of hydrogen-bond acceptors (Lipinski definition) is 6. The molecule has 0 spiro atoms. The van der Waals surface area contributed by atoms with Gasteiger partial charge in [-0.1, -0.05) is 18.5 Å². The lowest BCUT2D eigenvalue weighted by molar-refractivity contribution is -0.121. The highest BCUT2D eigenvalue weighted by Crippen LogP contribution is 2.34. The Bertz CT molecular complexity index is 809. The van der Waals surface area contributed by atoms with Gasteiger partial charge >= 0.3 is 0 Å². The number of ether oxygens (including phenoxy) is 2. The SMILES string of the molecule is CC[C@H](Nc1ccc(OC)cc1)C(=O)N/N=C\c1cc(Cl)c(O)c(OC)c1. The summed E-state index contributed by atoms with van der Waals surface area (Å²) in [6.45, 7) is 1.90. The first-order chi connectivity index (χ1) is 13.0. The molecule has 0 saturated carbocycles. The van der Waals surface area contributed by atoms with Crippen molar-refractivity contribution >= 4 is 29.4 Å². The summed E-state index contributed by atoms with van der Waals surface area (Å²) in [6, 6.07) is 9.92. The molecule has 0 bridgehead atoms. The number of aromatic hydroxyl groups is 1. The van der Waals surface area contributed by atoms with Gasteiger partial charge in [0.2, 0.25) is 0 Å². The van der Waals surface area contributed by atoms with Crippen LogP contribution in [0.15, 0.2) is 41.5 Å². The monoisotopic (exact) mass is 391 g/mol. The highest BCUT2D eigenvalue weighted by molar-refractivity contribution is 6.32. The maximum Gasteiger partial charge on any atom is 0.262 e. The number of methoxy groups -OCH3 is 2. The molecule has 8 heteroatoms. The molecule has 2 aromatic carbocycles. The number of phenols is 1. The van der Waals surface area contributed by atoms with Gasteiger partial charge in [-0.05, 0) is 48.4 Å². The lowest BCUT2D eigenvalue weighted by atomic mass is 10.2. The fraction of sp³-hybridized carbons (Fsp3) is 0.263. The van der Waals surface area contributed by atoms with Crippen LogP contribution in [0, 0.1) is 0 Å². The highest BCUT2D eigenvalue weighted by atomic mass is 35.5. The third kappa shape index (κ3) is 5.52. The van der Waals surface area contributed by atoms with E-state index in [-0.39, 0.29) is 22.4 Å². The molecule has 2 rings (SSSR count). The Morgan fingerprint density at radius 3 is 2.56 bits per heavy atom. The minimum absolute atomic E-state index is 0.134. The number of anilines is 1. The molecule has 0 aromatic heterocycles. The van der Waals surface area contributed by atoms with Crippen molar-refractivity contribution in [1.82, 2.24) is 5.43 Å². The molecule has 0 heterocycles. The van der Waals surface area contributed by atoms with Crippen molar-refractivity contribution in [2.45, 2.75) is 19.4 Å². The normalized spacial score (nSPS) is 11.9. The first-order valence-electron chi connectivity index (χ1n) is 8.28. The first-order valence-corrected chi connectivity index (χ1v) is 8.66. The molecular weight excluding hydrogens is 370 g/mol. The fourth-order valence-electron chi connectivity index (χ4n) is 2.31. The van der Waals surface area contributed by atoms with Gasteiger partial charge < -0.3 is 19.9 Å². The van der Waals surface area contributed by atoms with Crippen molar-refractivity contribution in [2.24, 2.45) is 5.10 Å². The van der Waals surface area contributed by atoms with Crippen LogP contribution in [0.25, 0.3) is 0 Å². The van der Waals surface area contributed by atoms with Crippen LogP contribution in [0.1, 0.15) is 18.9 Å². The molecule has 27 heavy (non-hydrogen) atoms. The first kappa shape index (κ1) is 20.4. The van der Waals surface area contributed by atoms with Crippen molar-refractivity contribution in [2.75, 3.05) is 19.5 Å². The Labute approximate surface area is 162 Å². The molecule has 7 nitrogen and oxygen atoms in total. The van der Waals surface area contributed by atoms with Gasteiger partial charge in [-0.25, -0.2) is 5.43 Å². The van der Waals surface area contributed by atoms with Crippen LogP contribution >= 0.6 is 11.6 Å².